The lowest BCUT2D eigenvalue weighted by molar-refractivity contribution is 0.251. The van der Waals surface area contributed by atoms with Crippen molar-refractivity contribution >= 4 is 22.8 Å². The van der Waals surface area contributed by atoms with E-state index >= 15 is 0 Å². The molecule has 0 atom stereocenters. The monoisotopic (exact) mass is 434 g/mol. The highest BCUT2D eigenvalue weighted by atomic mass is 19.1. The number of carbonyl (C=O) groups is 1. The summed E-state index contributed by atoms with van der Waals surface area (Å²) in [4.78, 5) is 17.1. The van der Waals surface area contributed by atoms with E-state index in [4.69, 9.17) is 14.5 Å². The Morgan fingerprint density at radius 3 is 2.50 bits per heavy atom. The predicted molar refractivity (Wildman–Crippen MR) is 122 cm³/mol. The Labute approximate surface area is 184 Å². The van der Waals surface area contributed by atoms with Gasteiger partial charge in [0.1, 0.15) is 11.6 Å². The molecule has 0 saturated heterocycles. The SMILES string of the molecule is COc1ccc(NC(=O)NCCn2c(-c3ccc(F)cc3)nc3ccccc32)cc1OC. The number of carbonyl (C=O) groups excluding carboxylic acids is 1. The fraction of sp³-hybridized carbons (Fsp3) is 0.167. The van der Waals surface area contributed by atoms with Crippen LogP contribution in [0.25, 0.3) is 22.4 Å². The van der Waals surface area contributed by atoms with Gasteiger partial charge < -0.3 is 24.7 Å². The van der Waals surface area contributed by atoms with Gasteiger partial charge in [-0.15, -0.1) is 0 Å². The Balaban J connectivity index is 1.47. The number of hydrogen-bond donors (Lipinski definition) is 2. The van der Waals surface area contributed by atoms with Crippen molar-refractivity contribution < 1.29 is 18.7 Å². The average Bonchev–Trinajstić information content (AvgIpc) is 3.18. The van der Waals surface area contributed by atoms with Crippen LogP contribution in [0.4, 0.5) is 14.9 Å². The molecule has 0 aliphatic rings. The van der Waals surface area contributed by atoms with Crippen LogP contribution in [-0.4, -0.2) is 36.3 Å². The van der Waals surface area contributed by atoms with Gasteiger partial charge in [0.2, 0.25) is 0 Å². The van der Waals surface area contributed by atoms with Crippen LogP contribution >= 0.6 is 0 Å². The molecule has 0 aliphatic carbocycles. The Bertz CT molecular complexity index is 1240. The molecule has 32 heavy (non-hydrogen) atoms. The number of anilines is 1. The fourth-order valence-electron chi connectivity index (χ4n) is 3.49. The number of ether oxygens (including phenoxy) is 2. The number of nitrogens with one attached hydrogen (secondary N) is 2. The first-order valence-electron chi connectivity index (χ1n) is 10.1. The first-order chi connectivity index (χ1) is 15.6. The summed E-state index contributed by atoms with van der Waals surface area (Å²) in [5.74, 6) is 1.52. The first-order valence-corrected chi connectivity index (χ1v) is 10.1. The third-order valence-electron chi connectivity index (χ3n) is 5.02. The van der Waals surface area contributed by atoms with Crippen LogP contribution in [-0.2, 0) is 6.54 Å². The van der Waals surface area contributed by atoms with Gasteiger partial charge in [-0.1, -0.05) is 12.1 Å². The van der Waals surface area contributed by atoms with Crippen LogP contribution in [0.5, 0.6) is 11.5 Å². The van der Waals surface area contributed by atoms with Gasteiger partial charge in [-0.05, 0) is 48.5 Å². The van der Waals surface area contributed by atoms with Crippen molar-refractivity contribution in [3.05, 3.63) is 72.5 Å². The second kappa shape index (κ2) is 9.38. The van der Waals surface area contributed by atoms with Crippen molar-refractivity contribution in [1.82, 2.24) is 14.9 Å². The van der Waals surface area contributed by atoms with E-state index in [0.717, 1.165) is 16.6 Å². The molecule has 164 valence electrons. The largest absolute Gasteiger partial charge is 0.493 e. The summed E-state index contributed by atoms with van der Waals surface area (Å²) in [5.41, 5.74) is 3.16. The molecule has 0 bridgehead atoms. The van der Waals surface area contributed by atoms with Crippen LogP contribution in [0.1, 0.15) is 0 Å². The molecule has 0 saturated carbocycles. The Kier molecular flexibility index (Phi) is 6.21. The lowest BCUT2D eigenvalue weighted by Crippen LogP contribution is -2.31. The van der Waals surface area contributed by atoms with Gasteiger partial charge in [-0.3, -0.25) is 0 Å². The summed E-state index contributed by atoms with van der Waals surface area (Å²) in [6, 6.07) is 18.8. The number of rotatable bonds is 7. The number of amides is 2. The Morgan fingerprint density at radius 2 is 1.75 bits per heavy atom. The molecule has 1 heterocycles. The number of hydrogen-bond acceptors (Lipinski definition) is 4. The van der Waals surface area contributed by atoms with Crippen molar-refractivity contribution in [2.24, 2.45) is 0 Å². The summed E-state index contributed by atoms with van der Waals surface area (Å²) < 4.78 is 25.9. The number of nitrogens with zero attached hydrogens (tertiary/aromatic N) is 2. The second-order valence-corrected chi connectivity index (χ2v) is 7.03. The van der Waals surface area contributed by atoms with E-state index in [1.165, 1.54) is 19.2 Å². The van der Waals surface area contributed by atoms with E-state index in [9.17, 15) is 9.18 Å². The smallest absolute Gasteiger partial charge is 0.319 e. The second-order valence-electron chi connectivity index (χ2n) is 7.03. The van der Waals surface area contributed by atoms with Gasteiger partial charge in [-0.2, -0.15) is 0 Å². The quantitative estimate of drug-likeness (QED) is 0.443. The minimum atomic E-state index is -0.343. The van der Waals surface area contributed by atoms with Crippen molar-refractivity contribution in [3.63, 3.8) is 0 Å². The molecule has 8 heteroatoms. The maximum Gasteiger partial charge on any atom is 0.319 e. The zero-order valence-corrected chi connectivity index (χ0v) is 17.8. The van der Waals surface area contributed by atoms with E-state index < -0.39 is 0 Å². The lowest BCUT2D eigenvalue weighted by Gasteiger charge is -2.13. The summed E-state index contributed by atoms with van der Waals surface area (Å²) in [6.07, 6.45) is 0. The lowest BCUT2D eigenvalue weighted by atomic mass is 10.2. The third-order valence-corrected chi connectivity index (χ3v) is 5.02. The predicted octanol–water partition coefficient (Wildman–Crippen LogP) is 4.68. The number of urea groups is 1. The number of imidazole rings is 1. The summed E-state index contributed by atoms with van der Waals surface area (Å²) in [7, 11) is 3.09. The van der Waals surface area contributed by atoms with E-state index in [0.29, 0.717) is 36.1 Å². The normalized spacial score (nSPS) is 10.7. The van der Waals surface area contributed by atoms with Crippen LogP contribution in [0, 0.1) is 5.82 Å². The molecule has 0 radical (unpaired) electrons. The molecule has 2 N–H and O–H groups in total. The highest BCUT2D eigenvalue weighted by Crippen LogP contribution is 2.29. The number of fused-ring (bicyclic) bond motifs is 1. The Morgan fingerprint density at radius 1 is 1.00 bits per heavy atom. The van der Waals surface area contributed by atoms with Crippen LogP contribution < -0.4 is 20.1 Å². The third kappa shape index (κ3) is 4.49. The van der Waals surface area contributed by atoms with Crippen molar-refractivity contribution in [3.8, 4) is 22.9 Å². The van der Waals surface area contributed by atoms with Gasteiger partial charge >= 0.3 is 6.03 Å². The van der Waals surface area contributed by atoms with E-state index in [1.54, 1.807) is 37.4 Å². The Hall–Kier alpha value is -4.07. The van der Waals surface area contributed by atoms with Crippen LogP contribution in [0.2, 0.25) is 0 Å². The van der Waals surface area contributed by atoms with Gasteiger partial charge in [0.15, 0.2) is 11.5 Å². The average molecular weight is 434 g/mol. The van der Waals surface area contributed by atoms with Gasteiger partial charge in [0, 0.05) is 30.4 Å². The fourth-order valence-corrected chi connectivity index (χ4v) is 3.49. The molecule has 2 amide bonds. The molecule has 0 spiro atoms. The van der Waals surface area contributed by atoms with Crippen molar-refractivity contribution in [2.45, 2.75) is 6.54 Å². The van der Waals surface area contributed by atoms with Gasteiger partial charge in [-0.25, -0.2) is 14.2 Å². The molecule has 3 aromatic carbocycles. The number of aromatic nitrogens is 2. The van der Waals surface area contributed by atoms with Crippen LogP contribution in [0.15, 0.2) is 66.7 Å². The maximum atomic E-state index is 13.4. The summed E-state index contributed by atoms with van der Waals surface area (Å²) in [5, 5.41) is 5.64. The van der Waals surface area contributed by atoms with Gasteiger partial charge in [0.05, 0.1) is 25.3 Å². The minimum Gasteiger partial charge on any atom is -0.493 e. The zero-order chi connectivity index (χ0) is 22.5. The van der Waals surface area contributed by atoms with Gasteiger partial charge in [0.25, 0.3) is 0 Å². The molecular weight excluding hydrogens is 411 g/mol. The molecule has 4 aromatic rings. The molecule has 0 aliphatic heterocycles. The molecular formula is C24H23FN4O3. The van der Waals surface area contributed by atoms with Crippen LogP contribution in [0.3, 0.4) is 0 Å². The van der Waals surface area contributed by atoms with E-state index in [2.05, 4.69) is 10.6 Å². The molecule has 7 nitrogen and oxygen atoms in total. The maximum absolute atomic E-state index is 13.4. The van der Waals surface area contributed by atoms with E-state index in [1.807, 2.05) is 28.8 Å². The van der Waals surface area contributed by atoms with E-state index in [-0.39, 0.29) is 11.8 Å². The number of para-hydroxylation sites is 2. The zero-order valence-electron chi connectivity index (χ0n) is 17.8. The molecule has 0 fully saturated rings. The van der Waals surface area contributed by atoms with Crippen molar-refractivity contribution in [2.75, 3.05) is 26.1 Å². The molecule has 1 aromatic heterocycles. The highest BCUT2D eigenvalue weighted by molar-refractivity contribution is 5.89. The van der Waals surface area contributed by atoms with Crippen molar-refractivity contribution in [1.29, 1.82) is 0 Å². The standard InChI is InChI=1S/C24H23FN4O3/c1-31-21-12-11-18(15-22(21)32-2)27-24(30)26-13-14-29-20-6-4-3-5-19(20)28-23(29)16-7-9-17(25)10-8-16/h3-12,15H,13-14H2,1-2H3,(H2,26,27,30). The number of methoxy groups -OCH3 is 2. The summed E-state index contributed by atoms with van der Waals surface area (Å²) in [6.45, 7) is 0.861. The number of halogens is 1. The number of benzene rings is 3. The topological polar surface area (TPSA) is 77.4 Å². The summed E-state index contributed by atoms with van der Waals surface area (Å²) >= 11 is 0. The minimum absolute atomic E-state index is 0.301. The highest BCUT2D eigenvalue weighted by Gasteiger charge is 2.13. The molecule has 4 rings (SSSR count). The first kappa shape index (κ1) is 21.2. The molecule has 0 unspecified atom stereocenters.